The fourth-order valence-corrected chi connectivity index (χ4v) is 5.11. The molecule has 5 aromatic rings. The van der Waals surface area contributed by atoms with Crippen LogP contribution in [0.2, 0.25) is 0 Å². The predicted octanol–water partition coefficient (Wildman–Crippen LogP) is 4.27. The topological polar surface area (TPSA) is 75.5 Å². The van der Waals surface area contributed by atoms with Crippen molar-refractivity contribution >= 4 is 16.5 Å². The molecular formula is C24H21N7S. The number of aromatic nitrogens is 6. The van der Waals surface area contributed by atoms with E-state index in [0.29, 0.717) is 0 Å². The number of thiazole rings is 1. The summed E-state index contributed by atoms with van der Waals surface area (Å²) < 4.78 is 1.87. The third-order valence-corrected chi connectivity index (χ3v) is 6.88. The third-order valence-electron chi connectivity index (χ3n) is 5.83. The zero-order valence-electron chi connectivity index (χ0n) is 17.3. The third kappa shape index (κ3) is 3.69. The highest BCUT2D eigenvalue weighted by molar-refractivity contribution is 7.15. The van der Waals surface area contributed by atoms with E-state index < -0.39 is 0 Å². The normalized spacial score (nSPS) is 13.3. The van der Waals surface area contributed by atoms with Crippen molar-refractivity contribution in [2.75, 3.05) is 11.4 Å². The summed E-state index contributed by atoms with van der Waals surface area (Å²) in [7, 11) is 0. The maximum absolute atomic E-state index is 4.74. The maximum atomic E-state index is 4.74. The van der Waals surface area contributed by atoms with Crippen molar-refractivity contribution in [3.05, 3.63) is 94.9 Å². The van der Waals surface area contributed by atoms with E-state index >= 15 is 0 Å². The Kier molecular flexibility index (Phi) is 4.77. The first-order valence-electron chi connectivity index (χ1n) is 10.6. The van der Waals surface area contributed by atoms with Gasteiger partial charge in [-0.15, -0.1) is 16.4 Å². The van der Waals surface area contributed by atoms with Crippen LogP contribution in [0.5, 0.6) is 0 Å². The van der Waals surface area contributed by atoms with Gasteiger partial charge in [0.05, 0.1) is 5.69 Å². The van der Waals surface area contributed by atoms with Crippen LogP contribution >= 0.6 is 11.3 Å². The largest absolute Gasteiger partial charge is 0.343 e. The average molecular weight is 440 g/mol. The number of nitrogens with one attached hydrogen (secondary N) is 1. The van der Waals surface area contributed by atoms with Crippen molar-refractivity contribution < 1.29 is 0 Å². The Balaban J connectivity index is 1.16. The highest BCUT2D eigenvalue weighted by Crippen LogP contribution is 2.31. The lowest BCUT2D eigenvalue weighted by molar-refractivity contribution is 0.729. The van der Waals surface area contributed by atoms with E-state index in [4.69, 9.17) is 4.98 Å². The van der Waals surface area contributed by atoms with Gasteiger partial charge in [-0.1, -0.05) is 29.5 Å². The van der Waals surface area contributed by atoms with E-state index in [1.807, 2.05) is 29.3 Å². The smallest absolute Gasteiger partial charge is 0.185 e. The lowest BCUT2D eigenvalue weighted by Gasteiger charge is -2.28. The van der Waals surface area contributed by atoms with Gasteiger partial charge in [-0.2, -0.15) is 5.10 Å². The van der Waals surface area contributed by atoms with E-state index in [0.717, 1.165) is 48.0 Å². The number of rotatable bonds is 5. The second kappa shape index (κ2) is 8.05. The van der Waals surface area contributed by atoms with Gasteiger partial charge in [0.2, 0.25) is 0 Å². The van der Waals surface area contributed by atoms with E-state index in [9.17, 15) is 0 Å². The van der Waals surface area contributed by atoms with Crippen LogP contribution < -0.4 is 4.90 Å². The first-order chi connectivity index (χ1) is 15.8. The second-order valence-corrected chi connectivity index (χ2v) is 9.01. The number of H-pyrrole nitrogens is 1. The molecule has 0 spiro atoms. The van der Waals surface area contributed by atoms with Crippen LogP contribution in [0.25, 0.3) is 16.9 Å². The zero-order chi connectivity index (χ0) is 21.3. The average Bonchev–Trinajstić information content (AvgIpc) is 3.62. The molecule has 1 N–H and O–H groups in total. The van der Waals surface area contributed by atoms with Crippen LogP contribution in [0.3, 0.4) is 0 Å². The molecule has 158 valence electrons. The summed E-state index contributed by atoms with van der Waals surface area (Å²) in [4.78, 5) is 8.39. The Morgan fingerprint density at radius 3 is 2.81 bits per heavy atom. The molecule has 6 rings (SSSR count). The Bertz CT molecular complexity index is 1320. The number of anilines is 1. The number of fused-ring (bicyclic) bond motifs is 1. The van der Waals surface area contributed by atoms with Gasteiger partial charge < -0.3 is 4.90 Å². The minimum Gasteiger partial charge on any atom is -0.343 e. The van der Waals surface area contributed by atoms with E-state index in [1.54, 1.807) is 17.5 Å². The van der Waals surface area contributed by atoms with Crippen molar-refractivity contribution in [2.45, 2.75) is 19.4 Å². The molecular weight excluding hydrogens is 418 g/mol. The monoisotopic (exact) mass is 439 g/mol. The van der Waals surface area contributed by atoms with Crippen LogP contribution in [-0.4, -0.2) is 36.7 Å². The van der Waals surface area contributed by atoms with Crippen molar-refractivity contribution in [1.82, 2.24) is 30.2 Å². The van der Waals surface area contributed by atoms with Gasteiger partial charge in [0, 0.05) is 54.7 Å². The van der Waals surface area contributed by atoms with E-state index in [-0.39, 0.29) is 0 Å². The molecule has 0 aliphatic carbocycles. The zero-order valence-corrected chi connectivity index (χ0v) is 18.2. The summed E-state index contributed by atoms with van der Waals surface area (Å²) in [6.45, 7) is 1.86. The summed E-state index contributed by atoms with van der Waals surface area (Å²) >= 11 is 1.78. The molecule has 0 atom stereocenters. The van der Waals surface area contributed by atoms with Crippen LogP contribution in [0, 0.1) is 0 Å². The molecule has 4 heterocycles. The fourth-order valence-electron chi connectivity index (χ4n) is 4.14. The van der Waals surface area contributed by atoms with Gasteiger partial charge in [0.15, 0.2) is 5.13 Å². The highest BCUT2D eigenvalue weighted by atomic mass is 32.1. The summed E-state index contributed by atoms with van der Waals surface area (Å²) in [5.74, 6) is 0. The van der Waals surface area contributed by atoms with Gasteiger partial charge in [0.1, 0.15) is 5.69 Å². The Morgan fingerprint density at radius 1 is 1.06 bits per heavy atom. The summed E-state index contributed by atoms with van der Waals surface area (Å²) in [6, 6.07) is 17.1. The molecule has 0 fully saturated rings. The molecule has 0 unspecified atom stereocenters. The summed E-state index contributed by atoms with van der Waals surface area (Å²) in [6.07, 6.45) is 9.51. The lowest BCUT2D eigenvalue weighted by atomic mass is 9.97. The second-order valence-electron chi connectivity index (χ2n) is 7.92. The summed E-state index contributed by atoms with van der Waals surface area (Å²) in [5.41, 5.74) is 7.06. The van der Waals surface area contributed by atoms with Crippen molar-refractivity contribution in [3.8, 4) is 16.9 Å². The molecule has 1 aliphatic rings. The van der Waals surface area contributed by atoms with Gasteiger partial charge in [-0.3, -0.25) is 5.10 Å². The van der Waals surface area contributed by atoms with Gasteiger partial charge in [-0.05, 0) is 47.4 Å². The van der Waals surface area contributed by atoms with Crippen LogP contribution in [0.1, 0.15) is 21.6 Å². The Morgan fingerprint density at radius 2 is 2.00 bits per heavy atom. The molecule has 0 radical (unpaired) electrons. The number of benzene rings is 2. The summed E-state index contributed by atoms with van der Waals surface area (Å²) in [5, 5.41) is 16.1. The Labute approximate surface area is 189 Å². The molecule has 1 aliphatic heterocycles. The van der Waals surface area contributed by atoms with Crippen molar-refractivity contribution in [3.63, 3.8) is 0 Å². The minimum absolute atomic E-state index is 0.868. The molecule has 32 heavy (non-hydrogen) atoms. The lowest BCUT2D eigenvalue weighted by Crippen LogP contribution is -2.30. The number of aromatic amines is 1. The molecule has 8 heteroatoms. The molecule has 0 saturated carbocycles. The molecule has 3 aromatic heterocycles. The van der Waals surface area contributed by atoms with Crippen LogP contribution in [0.4, 0.5) is 5.13 Å². The minimum atomic E-state index is 0.868. The predicted molar refractivity (Wildman–Crippen MR) is 125 cm³/mol. The van der Waals surface area contributed by atoms with Crippen molar-refractivity contribution in [2.24, 2.45) is 0 Å². The molecule has 0 saturated heterocycles. The number of hydrogen-bond donors (Lipinski definition) is 1. The molecule has 0 amide bonds. The first kappa shape index (κ1) is 18.9. The molecule has 7 nitrogen and oxygen atoms in total. The molecule has 2 aromatic carbocycles. The van der Waals surface area contributed by atoms with Crippen LogP contribution in [-0.2, 0) is 19.4 Å². The van der Waals surface area contributed by atoms with E-state index in [2.05, 4.69) is 67.9 Å². The highest BCUT2D eigenvalue weighted by Gasteiger charge is 2.20. The van der Waals surface area contributed by atoms with Crippen molar-refractivity contribution in [1.29, 1.82) is 0 Å². The first-order valence-corrected chi connectivity index (χ1v) is 11.4. The van der Waals surface area contributed by atoms with Gasteiger partial charge >= 0.3 is 0 Å². The standard InChI is InChI=1S/C24H21N7S/c1-9-27-31(10-1)21-6-2-17(3-7-21)12-22-14-25-24(32-22)30-11-8-18-4-5-19(13-20(18)16-30)23-15-26-29-28-23/h1-7,9-10,13-15H,8,11-12,16H2,(H,26,28,29). The quantitative estimate of drug-likeness (QED) is 0.443. The Hall–Kier alpha value is -3.78. The van der Waals surface area contributed by atoms with Crippen LogP contribution in [0.15, 0.2) is 73.3 Å². The molecule has 0 bridgehead atoms. The van der Waals surface area contributed by atoms with E-state index in [1.165, 1.54) is 21.6 Å². The maximum Gasteiger partial charge on any atom is 0.185 e. The number of nitrogens with zero attached hydrogens (tertiary/aromatic N) is 6. The van der Waals surface area contributed by atoms with Gasteiger partial charge in [0.25, 0.3) is 0 Å². The van der Waals surface area contributed by atoms with Gasteiger partial charge in [-0.25, -0.2) is 9.67 Å². The fraction of sp³-hybridized carbons (Fsp3) is 0.167. The number of hydrogen-bond acceptors (Lipinski definition) is 6. The SMILES string of the molecule is c1cnn(-c2ccc(Cc3cnc(N4CCc5ccc(-c6c[nH]nn6)cc5C4)s3)cc2)c1.